The molecule has 0 N–H and O–H groups in total. The molecule has 0 atom stereocenters. The number of carbonyl (C=O) groups excluding carboxylic acids is 1. The van der Waals surface area contributed by atoms with Gasteiger partial charge in [-0.3, -0.25) is 4.79 Å². The Bertz CT molecular complexity index is 762. The number of hydrogen-bond donors (Lipinski definition) is 0. The lowest BCUT2D eigenvalue weighted by Crippen LogP contribution is -2.50. The summed E-state index contributed by atoms with van der Waals surface area (Å²) in [6.45, 7) is 6.04. The number of rotatable bonds is 4. The molecule has 1 aromatic carbocycles. The third-order valence-electron chi connectivity index (χ3n) is 5.48. The molecule has 2 aromatic rings. The van der Waals surface area contributed by atoms with Crippen molar-refractivity contribution in [3.05, 3.63) is 18.2 Å². The summed E-state index contributed by atoms with van der Waals surface area (Å²) < 4.78 is 6.75. The fourth-order valence-electron chi connectivity index (χ4n) is 4.01. The molecule has 1 aliphatic carbocycles. The Morgan fingerprint density at radius 3 is 2.69 bits per heavy atom. The van der Waals surface area contributed by atoms with Crippen LogP contribution in [0.2, 0.25) is 0 Å². The molecule has 2 aliphatic rings. The van der Waals surface area contributed by atoms with Crippen LogP contribution in [0.3, 0.4) is 0 Å². The number of hydrogen-bond acceptors (Lipinski definition) is 5. The number of aromatic nitrogens is 1. The summed E-state index contributed by atoms with van der Waals surface area (Å²) in [5.41, 5.74) is 1.02. The van der Waals surface area contributed by atoms with E-state index >= 15 is 0 Å². The van der Waals surface area contributed by atoms with E-state index in [0.29, 0.717) is 12.5 Å². The summed E-state index contributed by atoms with van der Waals surface area (Å²) in [4.78, 5) is 21.9. The molecule has 1 amide bonds. The summed E-state index contributed by atoms with van der Waals surface area (Å²) in [5, 5.41) is 1.05. The maximum absolute atomic E-state index is 12.7. The summed E-state index contributed by atoms with van der Waals surface area (Å²) in [6, 6.07) is 6.09. The molecule has 1 saturated heterocycles. The first-order chi connectivity index (χ1) is 12.7. The number of anilines is 1. The first-order valence-corrected chi connectivity index (χ1v) is 10.6. The van der Waals surface area contributed by atoms with Gasteiger partial charge in [0.1, 0.15) is 5.75 Å². The summed E-state index contributed by atoms with van der Waals surface area (Å²) >= 11 is 1.71. The van der Waals surface area contributed by atoms with Gasteiger partial charge < -0.3 is 14.5 Å². The Morgan fingerprint density at radius 2 is 1.96 bits per heavy atom. The second kappa shape index (κ2) is 7.82. The Labute approximate surface area is 159 Å². The molecule has 26 heavy (non-hydrogen) atoms. The standard InChI is InChI=1S/C20H27N3O2S/c1-2-25-16-8-9-17-18(14-16)26-20(21-17)23-12-10-22(11-13-23)19(24)15-6-4-3-5-7-15/h8-9,14-15H,2-7,10-13H2,1H3. The molecule has 0 bridgehead atoms. The predicted octanol–water partition coefficient (Wildman–Crippen LogP) is 3.92. The number of benzene rings is 1. The van der Waals surface area contributed by atoms with E-state index in [2.05, 4.69) is 15.9 Å². The first-order valence-electron chi connectivity index (χ1n) is 9.81. The van der Waals surface area contributed by atoms with Crippen molar-refractivity contribution in [1.82, 2.24) is 9.88 Å². The quantitative estimate of drug-likeness (QED) is 0.815. The molecule has 2 heterocycles. The summed E-state index contributed by atoms with van der Waals surface area (Å²) in [7, 11) is 0. The molecule has 140 valence electrons. The third kappa shape index (κ3) is 3.65. The number of carbonyl (C=O) groups is 1. The highest BCUT2D eigenvalue weighted by Crippen LogP contribution is 2.32. The molecule has 0 radical (unpaired) electrons. The maximum atomic E-state index is 12.7. The van der Waals surface area contributed by atoms with Gasteiger partial charge in [-0.2, -0.15) is 0 Å². The monoisotopic (exact) mass is 373 g/mol. The molecule has 0 spiro atoms. The van der Waals surface area contributed by atoms with Crippen molar-refractivity contribution >= 4 is 32.6 Å². The Hall–Kier alpha value is -1.82. The molecule has 6 heteroatoms. The van der Waals surface area contributed by atoms with E-state index in [0.717, 1.165) is 60.1 Å². The van der Waals surface area contributed by atoms with Crippen LogP contribution in [0.25, 0.3) is 10.2 Å². The summed E-state index contributed by atoms with van der Waals surface area (Å²) in [5.74, 6) is 1.56. The lowest BCUT2D eigenvalue weighted by atomic mass is 9.88. The zero-order valence-electron chi connectivity index (χ0n) is 15.4. The smallest absolute Gasteiger partial charge is 0.225 e. The van der Waals surface area contributed by atoms with Crippen LogP contribution < -0.4 is 9.64 Å². The van der Waals surface area contributed by atoms with Crippen molar-refractivity contribution in [1.29, 1.82) is 0 Å². The van der Waals surface area contributed by atoms with E-state index in [9.17, 15) is 4.79 Å². The molecule has 1 saturated carbocycles. The van der Waals surface area contributed by atoms with E-state index < -0.39 is 0 Å². The van der Waals surface area contributed by atoms with E-state index in [1.54, 1.807) is 11.3 Å². The average molecular weight is 374 g/mol. The van der Waals surface area contributed by atoms with E-state index in [1.165, 1.54) is 19.3 Å². The normalized spacial score (nSPS) is 19.1. The van der Waals surface area contributed by atoms with Crippen LogP contribution in [0.4, 0.5) is 5.13 Å². The minimum absolute atomic E-state index is 0.273. The zero-order chi connectivity index (χ0) is 17.9. The number of ether oxygens (including phenoxy) is 1. The number of thiazole rings is 1. The van der Waals surface area contributed by atoms with Gasteiger partial charge in [0, 0.05) is 32.1 Å². The van der Waals surface area contributed by atoms with Gasteiger partial charge in [0.2, 0.25) is 5.91 Å². The van der Waals surface area contributed by atoms with Crippen LogP contribution in [0, 0.1) is 5.92 Å². The van der Waals surface area contributed by atoms with Crippen LogP contribution in [-0.2, 0) is 4.79 Å². The van der Waals surface area contributed by atoms with Gasteiger partial charge in [-0.1, -0.05) is 30.6 Å². The fraction of sp³-hybridized carbons (Fsp3) is 0.600. The third-order valence-corrected chi connectivity index (χ3v) is 6.55. The number of fused-ring (bicyclic) bond motifs is 1. The number of piperazine rings is 1. The van der Waals surface area contributed by atoms with Crippen LogP contribution in [0.15, 0.2) is 18.2 Å². The minimum atomic E-state index is 0.273. The van der Waals surface area contributed by atoms with Crippen LogP contribution >= 0.6 is 11.3 Å². The molecular weight excluding hydrogens is 346 g/mol. The largest absolute Gasteiger partial charge is 0.494 e. The number of nitrogens with zero attached hydrogens (tertiary/aromatic N) is 3. The van der Waals surface area contributed by atoms with Crippen molar-refractivity contribution in [2.24, 2.45) is 5.92 Å². The van der Waals surface area contributed by atoms with Gasteiger partial charge in [0.25, 0.3) is 0 Å². The predicted molar refractivity (Wildman–Crippen MR) is 106 cm³/mol. The second-order valence-corrected chi connectivity index (χ2v) is 8.22. The van der Waals surface area contributed by atoms with Gasteiger partial charge in [-0.25, -0.2) is 4.98 Å². The molecule has 5 nitrogen and oxygen atoms in total. The topological polar surface area (TPSA) is 45.7 Å². The van der Waals surface area contributed by atoms with Crippen LogP contribution in [0.1, 0.15) is 39.0 Å². The minimum Gasteiger partial charge on any atom is -0.494 e. The lowest BCUT2D eigenvalue weighted by molar-refractivity contribution is -0.136. The van der Waals surface area contributed by atoms with Crippen molar-refractivity contribution in [2.75, 3.05) is 37.7 Å². The molecule has 4 rings (SSSR count). The van der Waals surface area contributed by atoms with Gasteiger partial charge in [0.05, 0.1) is 16.8 Å². The van der Waals surface area contributed by atoms with Crippen molar-refractivity contribution in [2.45, 2.75) is 39.0 Å². The van der Waals surface area contributed by atoms with E-state index in [-0.39, 0.29) is 5.92 Å². The first kappa shape index (κ1) is 17.6. The van der Waals surface area contributed by atoms with Gasteiger partial charge in [0.15, 0.2) is 5.13 Å². The van der Waals surface area contributed by atoms with Crippen molar-refractivity contribution in [3.63, 3.8) is 0 Å². The van der Waals surface area contributed by atoms with Gasteiger partial charge >= 0.3 is 0 Å². The molecule has 0 unspecified atom stereocenters. The highest BCUT2D eigenvalue weighted by Gasteiger charge is 2.29. The molecular formula is C20H27N3O2S. The molecule has 1 aliphatic heterocycles. The Kier molecular flexibility index (Phi) is 5.29. The second-order valence-electron chi connectivity index (χ2n) is 7.21. The SMILES string of the molecule is CCOc1ccc2nc(N3CCN(C(=O)C4CCCCC4)CC3)sc2c1. The lowest BCUT2D eigenvalue weighted by Gasteiger charge is -2.37. The molecule has 1 aromatic heterocycles. The van der Waals surface area contributed by atoms with Crippen LogP contribution in [-0.4, -0.2) is 48.6 Å². The molecule has 2 fully saturated rings. The fourth-order valence-corrected chi connectivity index (χ4v) is 5.06. The highest BCUT2D eigenvalue weighted by molar-refractivity contribution is 7.22. The van der Waals surface area contributed by atoms with Gasteiger partial charge in [-0.15, -0.1) is 0 Å². The highest BCUT2D eigenvalue weighted by atomic mass is 32.1. The van der Waals surface area contributed by atoms with Gasteiger partial charge in [-0.05, 0) is 38.0 Å². The van der Waals surface area contributed by atoms with Crippen molar-refractivity contribution < 1.29 is 9.53 Å². The van der Waals surface area contributed by atoms with Crippen LogP contribution in [0.5, 0.6) is 5.75 Å². The van der Waals surface area contributed by atoms with E-state index in [1.807, 2.05) is 19.1 Å². The summed E-state index contributed by atoms with van der Waals surface area (Å²) in [6.07, 6.45) is 5.88. The average Bonchev–Trinajstić information content (AvgIpc) is 3.12. The van der Waals surface area contributed by atoms with Crippen molar-refractivity contribution in [3.8, 4) is 5.75 Å². The van der Waals surface area contributed by atoms with E-state index in [4.69, 9.17) is 9.72 Å². The number of amides is 1. The maximum Gasteiger partial charge on any atom is 0.225 e. The Morgan fingerprint density at radius 1 is 1.19 bits per heavy atom. The Balaban J connectivity index is 1.39. The zero-order valence-corrected chi connectivity index (χ0v) is 16.3.